The molecule has 5 nitrogen and oxygen atoms in total. The van der Waals surface area contributed by atoms with Gasteiger partial charge in [0.2, 0.25) is 0 Å². The van der Waals surface area contributed by atoms with Crippen LogP contribution in [0.2, 0.25) is 0 Å². The van der Waals surface area contributed by atoms with E-state index in [-0.39, 0.29) is 5.91 Å². The highest BCUT2D eigenvalue weighted by Crippen LogP contribution is 2.15. The predicted octanol–water partition coefficient (Wildman–Crippen LogP) is 3.50. The van der Waals surface area contributed by atoms with E-state index in [0.29, 0.717) is 18.8 Å². The molecule has 24 heavy (non-hydrogen) atoms. The molecule has 0 atom stereocenters. The number of aryl methyl sites for hydroxylation is 1. The maximum absolute atomic E-state index is 12.4. The van der Waals surface area contributed by atoms with E-state index in [0.717, 1.165) is 23.6 Å². The van der Waals surface area contributed by atoms with Gasteiger partial charge in [-0.05, 0) is 30.5 Å². The van der Waals surface area contributed by atoms with Crippen molar-refractivity contribution >= 4 is 22.2 Å². The fraction of sp³-hybridized carbons (Fsp3) is 0.333. The number of aromatic nitrogens is 2. The lowest BCUT2D eigenvalue weighted by molar-refractivity contribution is 0.0783. The first kappa shape index (κ1) is 16.5. The number of hydrogen-bond donors (Lipinski definition) is 0. The van der Waals surface area contributed by atoms with Gasteiger partial charge in [0.25, 0.3) is 5.91 Å². The molecule has 0 radical (unpaired) electrons. The number of amides is 1. The van der Waals surface area contributed by atoms with Crippen LogP contribution < -0.4 is 4.74 Å². The Bertz CT molecular complexity index is 796. The van der Waals surface area contributed by atoms with E-state index in [2.05, 4.69) is 24.0 Å². The zero-order valence-electron chi connectivity index (χ0n) is 13.9. The number of thiazole rings is 1. The Labute approximate surface area is 145 Å². The van der Waals surface area contributed by atoms with Gasteiger partial charge < -0.3 is 9.64 Å². The normalized spacial score (nSPS) is 10.9. The molecule has 3 rings (SSSR count). The third kappa shape index (κ3) is 3.76. The zero-order valence-corrected chi connectivity index (χ0v) is 14.8. The largest absolute Gasteiger partial charge is 0.494 e. The lowest BCUT2D eigenvalue weighted by Crippen LogP contribution is -2.28. The minimum Gasteiger partial charge on any atom is -0.494 e. The third-order valence-corrected chi connectivity index (χ3v) is 4.64. The van der Waals surface area contributed by atoms with Crippen molar-refractivity contribution < 1.29 is 9.53 Å². The molecular weight excluding hydrogens is 322 g/mol. The first-order chi connectivity index (χ1) is 11.7. The van der Waals surface area contributed by atoms with Crippen LogP contribution in [0.15, 0.2) is 42.0 Å². The summed E-state index contributed by atoms with van der Waals surface area (Å²) >= 11 is 1.52. The summed E-state index contributed by atoms with van der Waals surface area (Å²) in [5.74, 6) is 0.830. The highest BCUT2D eigenvalue weighted by Gasteiger charge is 2.15. The molecule has 1 aromatic carbocycles. The molecule has 126 valence electrons. The third-order valence-electron chi connectivity index (χ3n) is 3.87. The Balaban J connectivity index is 1.47. The second-order valence-corrected chi connectivity index (χ2v) is 6.52. The summed E-state index contributed by atoms with van der Waals surface area (Å²) in [5.41, 5.74) is 1.75. The van der Waals surface area contributed by atoms with Crippen LogP contribution >= 0.6 is 11.3 Å². The van der Waals surface area contributed by atoms with Crippen molar-refractivity contribution in [3.63, 3.8) is 0 Å². The highest BCUT2D eigenvalue weighted by molar-refractivity contribution is 7.15. The van der Waals surface area contributed by atoms with Crippen LogP contribution in [0, 0.1) is 0 Å². The van der Waals surface area contributed by atoms with E-state index in [1.54, 1.807) is 18.1 Å². The number of nitrogens with zero attached hydrogens (tertiary/aromatic N) is 3. The van der Waals surface area contributed by atoms with Gasteiger partial charge in [0.05, 0.1) is 6.61 Å². The molecule has 0 unspecified atom stereocenters. The van der Waals surface area contributed by atoms with E-state index in [1.807, 2.05) is 28.1 Å². The standard InChI is InChI=1S/C18H21N3O2S/c1-3-14-6-4-7-15(12-14)23-10-5-8-20(2)17(22)16-13-21-9-11-24-18(21)19-16/h4,6-7,9,11-13H,3,5,8,10H2,1-2H3. The minimum absolute atomic E-state index is 0.0566. The molecular formula is C18H21N3O2S. The van der Waals surface area contributed by atoms with Gasteiger partial charge in [-0.15, -0.1) is 11.3 Å². The van der Waals surface area contributed by atoms with Gasteiger partial charge >= 0.3 is 0 Å². The molecule has 3 aromatic rings. The van der Waals surface area contributed by atoms with Gasteiger partial charge in [-0.1, -0.05) is 19.1 Å². The minimum atomic E-state index is -0.0566. The summed E-state index contributed by atoms with van der Waals surface area (Å²) in [6.07, 6.45) is 5.46. The Morgan fingerprint density at radius 3 is 3.08 bits per heavy atom. The van der Waals surface area contributed by atoms with Crippen molar-refractivity contribution in [3.05, 3.63) is 53.3 Å². The van der Waals surface area contributed by atoms with Crippen molar-refractivity contribution in [3.8, 4) is 5.75 Å². The van der Waals surface area contributed by atoms with Crippen LogP contribution in [0.4, 0.5) is 0 Å². The maximum atomic E-state index is 12.4. The molecule has 0 aliphatic carbocycles. The summed E-state index contributed by atoms with van der Waals surface area (Å²) in [6.45, 7) is 3.35. The lowest BCUT2D eigenvalue weighted by atomic mass is 10.2. The Hall–Kier alpha value is -2.34. The predicted molar refractivity (Wildman–Crippen MR) is 96.0 cm³/mol. The lowest BCUT2D eigenvalue weighted by Gasteiger charge is -2.16. The highest BCUT2D eigenvalue weighted by atomic mass is 32.1. The number of hydrogen-bond acceptors (Lipinski definition) is 4. The quantitative estimate of drug-likeness (QED) is 0.617. The first-order valence-corrected chi connectivity index (χ1v) is 8.94. The second kappa shape index (κ2) is 7.49. The first-order valence-electron chi connectivity index (χ1n) is 8.07. The van der Waals surface area contributed by atoms with Gasteiger partial charge in [0, 0.05) is 31.4 Å². The van der Waals surface area contributed by atoms with Crippen LogP contribution in [-0.4, -0.2) is 40.4 Å². The van der Waals surface area contributed by atoms with Gasteiger partial charge in [-0.25, -0.2) is 4.98 Å². The second-order valence-electron chi connectivity index (χ2n) is 5.65. The zero-order chi connectivity index (χ0) is 16.9. The number of imidazole rings is 1. The SMILES string of the molecule is CCc1cccc(OCCCN(C)C(=O)c2cn3ccsc3n2)c1. The van der Waals surface area contributed by atoms with Crippen molar-refractivity contribution in [1.29, 1.82) is 0 Å². The van der Waals surface area contributed by atoms with Crippen molar-refractivity contribution in [2.24, 2.45) is 0 Å². The molecule has 0 aliphatic rings. The fourth-order valence-corrected chi connectivity index (χ4v) is 3.17. The number of benzene rings is 1. The van der Waals surface area contributed by atoms with E-state index in [4.69, 9.17) is 4.74 Å². The Kier molecular flexibility index (Phi) is 5.15. The van der Waals surface area contributed by atoms with E-state index in [9.17, 15) is 4.79 Å². The van der Waals surface area contributed by atoms with E-state index < -0.39 is 0 Å². The molecule has 0 saturated carbocycles. The molecule has 2 aromatic heterocycles. The number of rotatable bonds is 7. The van der Waals surface area contributed by atoms with Crippen molar-refractivity contribution in [1.82, 2.24) is 14.3 Å². The summed E-state index contributed by atoms with van der Waals surface area (Å²) in [6, 6.07) is 8.13. The molecule has 0 bridgehead atoms. The number of carbonyl (C=O) groups excluding carboxylic acids is 1. The monoisotopic (exact) mass is 343 g/mol. The van der Waals surface area contributed by atoms with Gasteiger partial charge in [-0.2, -0.15) is 0 Å². The van der Waals surface area contributed by atoms with Crippen LogP contribution in [0.5, 0.6) is 5.75 Å². The van der Waals surface area contributed by atoms with Crippen LogP contribution in [-0.2, 0) is 6.42 Å². The number of ether oxygens (including phenoxy) is 1. The average Bonchev–Trinajstić information content (AvgIpc) is 3.20. The van der Waals surface area contributed by atoms with Crippen molar-refractivity contribution in [2.45, 2.75) is 19.8 Å². The van der Waals surface area contributed by atoms with Gasteiger partial charge in [0.1, 0.15) is 11.4 Å². The molecule has 0 fully saturated rings. The molecule has 0 saturated heterocycles. The molecule has 2 heterocycles. The fourth-order valence-electron chi connectivity index (χ4n) is 2.47. The molecule has 0 N–H and O–H groups in total. The van der Waals surface area contributed by atoms with Crippen molar-refractivity contribution in [2.75, 3.05) is 20.2 Å². The summed E-state index contributed by atoms with van der Waals surface area (Å²) in [7, 11) is 1.80. The number of carbonyl (C=O) groups is 1. The van der Waals surface area contributed by atoms with Crippen LogP contribution in [0.1, 0.15) is 29.4 Å². The van der Waals surface area contributed by atoms with Gasteiger partial charge in [0.15, 0.2) is 4.96 Å². The van der Waals surface area contributed by atoms with Gasteiger partial charge in [-0.3, -0.25) is 9.20 Å². The number of fused-ring (bicyclic) bond motifs is 1. The van der Waals surface area contributed by atoms with E-state index in [1.165, 1.54) is 16.9 Å². The smallest absolute Gasteiger partial charge is 0.273 e. The molecule has 0 spiro atoms. The molecule has 6 heteroatoms. The summed E-state index contributed by atoms with van der Waals surface area (Å²) < 4.78 is 7.63. The van der Waals surface area contributed by atoms with Crippen LogP contribution in [0.3, 0.4) is 0 Å². The maximum Gasteiger partial charge on any atom is 0.273 e. The van der Waals surface area contributed by atoms with Crippen LogP contribution in [0.25, 0.3) is 4.96 Å². The Morgan fingerprint density at radius 2 is 2.29 bits per heavy atom. The molecule has 1 amide bonds. The Morgan fingerprint density at radius 1 is 1.42 bits per heavy atom. The summed E-state index contributed by atoms with van der Waals surface area (Å²) in [5, 5.41) is 1.95. The average molecular weight is 343 g/mol. The summed E-state index contributed by atoms with van der Waals surface area (Å²) in [4.78, 5) is 19.3. The molecule has 0 aliphatic heterocycles. The topological polar surface area (TPSA) is 46.8 Å². The van der Waals surface area contributed by atoms with E-state index >= 15 is 0 Å².